The third-order valence-electron chi connectivity index (χ3n) is 2.88. The van der Waals surface area contributed by atoms with E-state index in [0.29, 0.717) is 0 Å². The quantitative estimate of drug-likeness (QED) is 0.610. The molecule has 0 amide bonds. The summed E-state index contributed by atoms with van der Waals surface area (Å²) in [6, 6.07) is 23.3. The Hall–Kier alpha value is -3.10. The Balaban J connectivity index is 2.59. The second kappa shape index (κ2) is 6.73. The summed E-state index contributed by atoms with van der Waals surface area (Å²) in [6.45, 7) is 0. The molecule has 2 aromatic rings. The Morgan fingerprint density at radius 1 is 0.650 bits per heavy atom. The molecule has 2 aromatic carbocycles. The van der Waals surface area contributed by atoms with E-state index in [1.54, 1.807) is 0 Å². The minimum Gasteiger partial charge on any atom is -0.193 e. The molecule has 0 spiro atoms. The highest BCUT2D eigenvalue weighted by Gasteiger charge is 2.10. The van der Waals surface area contributed by atoms with Gasteiger partial charge in [0.1, 0.15) is 0 Å². The zero-order valence-corrected chi connectivity index (χ0v) is 10.8. The maximum atomic E-state index is 9.03. The average Bonchev–Trinajstić information content (AvgIpc) is 2.52. The van der Waals surface area contributed by atoms with Crippen LogP contribution in [0.5, 0.6) is 0 Å². The normalized spacial score (nSPS) is 11.5. The number of allylic oxidation sites excluding steroid dienone is 4. The van der Waals surface area contributed by atoms with E-state index in [9.17, 15) is 0 Å². The first-order chi connectivity index (χ1) is 9.86. The Labute approximate surface area is 118 Å². The first-order valence-electron chi connectivity index (χ1n) is 6.17. The highest BCUT2D eigenvalue weighted by Crippen LogP contribution is 2.30. The van der Waals surface area contributed by atoms with Gasteiger partial charge in [-0.25, -0.2) is 0 Å². The van der Waals surface area contributed by atoms with Crippen molar-refractivity contribution in [2.45, 2.75) is 0 Å². The summed E-state index contributed by atoms with van der Waals surface area (Å²) >= 11 is 0. The third kappa shape index (κ3) is 3.02. The summed E-state index contributed by atoms with van der Waals surface area (Å²) < 4.78 is 0. The average molecular weight is 256 g/mol. The van der Waals surface area contributed by atoms with Gasteiger partial charge in [-0.1, -0.05) is 60.7 Å². The van der Waals surface area contributed by atoms with Crippen molar-refractivity contribution in [3.8, 4) is 12.1 Å². The van der Waals surface area contributed by atoms with Crippen LogP contribution in [0.25, 0.3) is 11.1 Å². The lowest BCUT2D eigenvalue weighted by atomic mass is 9.92. The minimum absolute atomic E-state index is 0.751. The molecule has 0 aliphatic rings. The van der Waals surface area contributed by atoms with Gasteiger partial charge in [-0.05, 0) is 11.1 Å². The number of hydrogen-bond donors (Lipinski definition) is 0. The van der Waals surface area contributed by atoms with Crippen LogP contribution >= 0.6 is 0 Å². The van der Waals surface area contributed by atoms with E-state index in [-0.39, 0.29) is 0 Å². The molecule has 2 rings (SSSR count). The Bertz CT molecular complexity index is 646. The lowest BCUT2D eigenvalue weighted by molar-refractivity contribution is 1.52. The Kier molecular flexibility index (Phi) is 4.49. The Morgan fingerprint density at radius 2 is 1.00 bits per heavy atom. The van der Waals surface area contributed by atoms with Crippen LogP contribution in [-0.4, -0.2) is 0 Å². The standard InChI is InChI=1S/C18H12N2/c19-13-11-17(15-7-3-1-4-8-15)18(12-14-20)16-9-5-2-6-10-16/h1-12H/b17-11-,18-12-. The van der Waals surface area contributed by atoms with E-state index in [1.165, 1.54) is 12.2 Å². The molecular formula is C18H12N2. The van der Waals surface area contributed by atoms with Crippen molar-refractivity contribution < 1.29 is 0 Å². The fourth-order valence-corrected chi connectivity index (χ4v) is 2.00. The number of benzene rings is 2. The lowest BCUT2D eigenvalue weighted by Gasteiger charge is -2.11. The maximum Gasteiger partial charge on any atom is 0.0918 e. The molecule has 0 heterocycles. The predicted octanol–water partition coefficient (Wildman–Crippen LogP) is 4.20. The first-order valence-corrected chi connectivity index (χ1v) is 6.17. The van der Waals surface area contributed by atoms with E-state index in [0.717, 1.165) is 22.3 Å². The number of hydrogen-bond acceptors (Lipinski definition) is 2. The fourth-order valence-electron chi connectivity index (χ4n) is 2.00. The van der Waals surface area contributed by atoms with Crippen LogP contribution in [-0.2, 0) is 0 Å². The van der Waals surface area contributed by atoms with Crippen molar-refractivity contribution in [3.05, 3.63) is 83.9 Å². The largest absolute Gasteiger partial charge is 0.193 e. The van der Waals surface area contributed by atoms with E-state index in [4.69, 9.17) is 10.5 Å². The summed E-state index contributed by atoms with van der Waals surface area (Å²) in [7, 11) is 0. The van der Waals surface area contributed by atoms with E-state index < -0.39 is 0 Å². The molecule has 0 radical (unpaired) electrons. The van der Waals surface area contributed by atoms with Crippen molar-refractivity contribution in [2.24, 2.45) is 0 Å². The summed E-state index contributed by atoms with van der Waals surface area (Å²) in [5, 5.41) is 18.1. The van der Waals surface area contributed by atoms with Gasteiger partial charge in [-0.15, -0.1) is 0 Å². The molecule has 0 fully saturated rings. The summed E-state index contributed by atoms with van der Waals surface area (Å²) in [6.07, 6.45) is 2.96. The van der Waals surface area contributed by atoms with E-state index in [1.807, 2.05) is 60.7 Å². The third-order valence-corrected chi connectivity index (χ3v) is 2.88. The number of nitriles is 2. The number of rotatable bonds is 3. The van der Waals surface area contributed by atoms with Gasteiger partial charge in [0, 0.05) is 23.3 Å². The molecule has 0 atom stereocenters. The molecule has 0 aliphatic carbocycles. The molecule has 0 aliphatic heterocycles. The van der Waals surface area contributed by atoms with Crippen molar-refractivity contribution in [1.29, 1.82) is 10.5 Å². The lowest BCUT2D eigenvalue weighted by Crippen LogP contribution is -1.90. The first kappa shape index (κ1) is 13.3. The highest BCUT2D eigenvalue weighted by atomic mass is 14.2. The fraction of sp³-hybridized carbons (Fsp3) is 0. The van der Waals surface area contributed by atoms with Crippen molar-refractivity contribution >= 4 is 11.1 Å². The van der Waals surface area contributed by atoms with Gasteiger partial charge in [0.15, 0.2) is 0 Å². The van der Waals surface area contributed by atoms with Crippen LogP contribution in [0.2, 0.25) is 0 Å². The number of nitrogens with zero attached hydrogens (tertiary/aromatic N) is 2. The van der Waals surface area contributed by atoms with Crippen molar-refractivity contribution in [3.63, 3.8) is 0 Å². The maximum absolute atomic E-state index is 9.03. The summed E-state index contributed by atoms with van der Waals surface area (Å²) in [5.74, 6) is 0. The molecule has 0 aromatic heterocycles. The molecule has 0 unspecified atom stereocenters. The smallest absolute Gasteiger partial charge is 0.0918 e. The second-order valence-electron chi connectivity index (χ2n) is 4.11. The zero-order chi connectivity index (χ0) is 14.2. The van der Waals surface area contributed by atoms with Gasteiger partial charge in [0.25, 0.3) is 0 Å². The van der Waals surface area contributed by atoms with E-state index in [2.05, 4.69) is 12.1 Å². The van der Waals surface area contributed by atoms with Crippen LogP contribution < -0.4 is 0 Å². The second-order valence-corrected chi connectivity index (χ2v) is 4.11. The molecule has 0 saturated carbocycles. The molecule has 0 bridgehead atoms. The van der Waals surface area contributed by atoms with Gasteiger partial charge in [-0.2, -0.15) is 10.5 Å². The van der Waals surface area contributed by atoms with Gasteiger partial charge in [-0.3, -0.25) is 0 Å². The predicted molar refractivity (Wildman–Crippen MR) is 80.1 cm³/mol. The van der Waals surface area contributed by atoms with Gasteiger partial charge >= 0.3 is 0 Å². The van der Waals surface area contributed by atoms with Crippen LogP contribution in [0.1, 0.15) is 11.1 Å². The van der Waals surface area contributed by atoms with Crippen LogP contribution in [0.15, 0.2) is 72.8 Å². The molecule has 2 nitrogen and oxygen atoms in total. The molecule has 2 heteroatoms. The van der Waals surface area contributed by atoms with Crippen LogP contribution in [0.4, 0.5) is 0 Å². The monoisotopic (exact) mass is 256 g/mol. The molecular weight excluding hydrogens is 244 g/mol. The SMILES string of the molecule is N#C/C=C(\C(=C/C#N)c1ccccc1)c1ccccc1. The zero-order valence-electron chi connectivity index (χ0n) is 10.8. The van der Waals surface area contributed by atoms with Crippen molar-refractivity contribution in [2.75, 3.05) is 0 Å². The minimum atomic E-state index is 0.751. The van der Waals surface area contributed by atoms with Crippen LogP contribution in [0.3, 0.4) is 0 Å². The van der Waals surface area contributed by atoms with Crippen LogP contribution in [0, 0.1) is 22.7 Å². The van der Waals surface area contributed by atoms with E-state index >= 15 is 0 Å². The molecule has 20 heavy (non-hydrogen) atoms. The molecule has 94 valence electrons. The highest BCUT2D eigenvalue weighted by molar-refractivity contribution is 6.06. The molecule has 0 saturated heterocycles. The van der Waals surface area contributed by atoms with Gasteiger partial charge in [0.2, 0.25) is 0 Å². The molecule has 0 N–H and O–H groups in total. The van der Waals surface area contributed by atoms with Gasteiger partial charge in [0.05, 0.1) is 12.1 Å². The topological polar surface area (TPSA) is 47.6 Å². The summed E-state index contributed by atoms with van der Waals surface area (Å²) in [5.41, 5.74) is 3.33. The summed E-state index contributed by atoms with van der Waals surface area (Å²) in [4.78, 5) is 0. The van der Waals surface area contributed by atoms with Gasteiger partial charge < -0.3 is 0 Å². The van der Waals surface area contributed by atoms with Crippen molar-refractivity contribution in [1.82, 2.24) is 0 Å². The Morgan fingerprint density at radius 3 is 1.30 bits per heavy atom.